The maximum atomic E-state index is 12.9. The van der Waals surface area contributed by atoms with Gasteiger partial charge in [-0.25, -0.2) is 5.21 Å². The van der Waals surface area contributed by atoms with Gasteiger partial charge in [-0.1, -0.05) is 18.2 Å². The van der Waals surface area contributed by atoms with Crippen molar-refractivity contribution in [3.05, 3.63) is 62.6 Å². The van der Waals surface area contributed by atoms with Crippen LogP contribution in [0.25, 0.3) is 0 Å². The minimum Gasteiger partial charge on any atom is -0.241 e. The van der Waals surface area contributed by atoms with Crippen LogP contribution in [0.5, 0.6) is 0 Å². The van der Waals surface area contributed by atoms with Crippen LogP contribution in [0.1, 0.15) is 5.56 Å². The minimum absolute atomic E-state index is 0.149. The first-order valence-corrected chi connectivity index (χ1v) is 9.49. The van der Waals surface area contributed by atoms with Crippen LogP contribution in [-0.2, 0) is 18.8 Å². The molecule has 0 atom stereocenters. The van der Waals surface area contributed by atoms with E-state index in [2.05, 4.69) is 0 Å². The van der Waals surface area contributed by atoms with Crippen molar-refractivity contribution < 1.29 is 55.9 Å². The van der Waals surface area contributed by atoms with Crippen LogP contribution in [0.2, 0.25) is 0 Å². The lowest BCUT2D eigenvalue weighted by Gasteiger charge is -2.09. The average molecular weight is 475 g/mol. The van der Waals surface area contributed by atoms with Crippen LogP contribution in [-0.4, -0.2) is 18.5 Å². The number of benzene rings is 2. The summed E-state index contributed by atoms with van der Waals surface area (Å²) >= 11 is -1.71. The first-order chi connectivity index (χ1) is 11.1. The highest BCUT2D eigenvalue weighted by Crippen LogP contribution is 2.34. The number of nitrogens with zero attached hydrogens (tertiary/aromatic N) is 1. The lowest BCUT2D eigenvalue weighted by atomic mass is 10.2. The van der Waals surface area contributed by atoms with Gasteiger partial charge in [-0.15, -0.1) is 0 Å². The summed E-state index contributed by atoms with van der Waals surface area (Å²) in [5.74, 6) is 0. The van der Waals surface area contributed by atoms with Crippen molar-refractivity contribution in [2.24, 2.45) is 0 Å². The Balaban J connectivity index is 2.27. The fourth-order valence-electron chi connectivity index (χ4n) is 1.67. The van der Waals surface area contributed by atoms with Gasteiger partial charge in [0.1, 0.15) is 4.90 Å². The molecule has 1 N–H and O–H groups in total. The Morgan fingerprint density at radius 1 is 1.08 bits per heavy atom. The van der Waals surface area contributed by atoms with Crippen molar-refractivity contribution in [1.82, 2.24) is 0 Å². The zero-order chi connectivity index (χ0) is 18.0. The molecule has 128 valence electrons. The van der Waals surface area contributed by atoms with Gasteiger partial charge in [-0.05, 0) is 20.7 Å². The third kappa shape index (κ3) is 4.42. The Morgan fingerprint density at radius 2 is 1.75 bits per heavy atom. The Bertz CT molecular complexity index is 870. The van der Waals surface area contributed by atoms with Crippen LogP contribution in [0, 0.1) is 8.48 Å². The smallest absolute Gasteiger partial charge is 0.241 e. The van der Waals surface area contributed by atoms with E-state index in [1.165, 1.54) is 24.3 Å². The Morgan fingerprint density at radius 3 is 2.38 bits per heavy atom. The SMILES string of the molecule is O=[N+](O)c1cccc([I+]OS(=O)(=O)c2ccccc2C(F)(F)F)c1. The maximum absolute atomic E-state index is 12.9. The first kappa shape index (κ1) is 18.6. The molecule has 0 spiro atoms. The van der Waals surface area contributed by atoms with Crippen molar-refractivity contribution in [3.8, 4) is 0 Å². The summed E-state index contributed by atoms with van der Waals surface area (Å²) in [6.45, 7) is 0. The van der Waals surface area contributed by atoms with Crippen LogP contribution < -0.4 is 21.6 Å². The molecule has 24 heavy (non-hydrogen) atoms. The van der Waals surface area contributed by atoms with Gasteiger partial charge >= 0.3 is 43.6 Å². The van der Waals surface area contributed by atoms with Gasteiger partial charge in [0, 0.05) is 6.07 Å². The highest BCUT2D eigenvalue weighted by molar-refractivity contribution is 7.86. The maximum Gasteiger partial charge on any atom is 0.540 e. The summed E-state index contributed by atoms with van der Waals surface area (Å²) < 4.78 is 67.9. The minimum atomic E-state index is -4.84. The number of rotatable bonds is 5. The molecule has 2 aromatic rings. The van der Waals surface area contributed by atoms with E-state index in [4.69, 9.17) is 7.72 Å². The summed E-state index contributed by atoms with van der Waals surface area (Å²) in [5.41, 5.74) is -1.47. The third-order valence-electron chi connectivity index (χ3n) is 2.69. The van der Waals surface area contributed by atoms with Gasteiger partial charge in [0.2, 0.25) is 3.57 Å². The lowest BCUT2D eigenvalue weighted by Crippen LogP contribution is -3.62. The molecule has 2 rings (SSSR count). The number of alkyl halides is 3. The number of hydrogen-bond acceptors (Lipinski definition) is 4. The zero-order valence-corrected chi connectivity index (χ0v) is 14.5. The van der Waals surface area contributed by atoms with Gasteiger partial charge in [0.05, 0.1) is 16.5 Å². The summed E-state index contributed by atoms with van der Waals surface area (Å²) in [5, 5.41) is 8.79. The monoisotopic (exact) mass is 475 g/mol. The quantitative estimate of drug-likeness (QED) is 0.490. The van der Waals surface area contributed by atoms with Gasteiger partial charge in [-0.2, -0.15) is 21.6 Å². The van der Waals surface area contributed by atoms with Crippen LogP contribution in [0.4, 0.5) is 18.9 Å². The Kier molecular flexibility index (Phi) is 5.45. The normalized spacial score (nSPS) is 12.1. The van der Waals surface area contributed by atoms with Crippen molar-refractivity contribution in [2.45, 2.75) is 11.1 Å². The van der Waals surface area contributed by atoms with Crippen molar-refractivity contribution in [2.75, 3.05) is 0 Å². The van der Waals surface area contributed by atoms with E-state index in [0.717, 1.165) is 18.2 Å². The zero-order valence-electron chi connectivity index (χ0n) is 11.6. The molecule has 0 unspecified atom stereocenters. The van der Waals surface area contributed by atoms with E-state index in [1.807, 2.05) is 0 Å². The first-order valence-electron chi connectivity index (χ1n) is 6.12. The largest absolute Gasteiger partial charge is 0.540 e. The standard InChI is InChI=1S/C13H9F3INO5S/c14-13(15,16)11-6-1-2-7-12(11)24(21,22)23-17-9-4-3-5-10(8-9)18(19)20/h1-8H,(H,19,20)/q+2. The summed E-state index contributed by atoms with van der Waals surface area (Å²) in [4.78, 5) is 9.39. The van der Waals surface area contributed by atoms with Crippen LogP contribution in [0.15, 0.2) is 53.4 Å². The van der Waals surface area contributed by atoms with Gasteiger partial charge in [0.25, 0.3) is 4.92 Å². The molecule has 0 aliphatic rings. The molecule has 0 fully saturated rings. The van der Waals surface area contributed by atoms with Crippen molar-refractivity contribution in [1.29, 1.82) is 0 Å². The molecule has 0 heterocycles. The molecule has 0 amide bonds. The summed E-state index contributed by atoms with van der Waals surface area (Å²) in [6.07, 6.45) is -4.84. The fraction of sp³-hybridized carbons (Fsp3) is 0.0769. The van der Waals surface area contributed by atoms with Crippen molar-refractivity contribution in [3.63, 3.8) is 0 Å². The van der Waals surface area contributed by atoms with Crippen LogP contribution in [0.3, 0.4) is 0 Å². The molecule has 0 aromatic heterocycles. The molecular formula is C13H9F3INO5S+2. The number of halogens is 4. The second-order valence-corrected chi connectivity index (χ2v) is 8.58. The van der Waals surface area contributed by atoms with Crippen molar-refractivity contribution >= 4 is 15.8 Å². The molecule has 0 saturated carbocycles. The van der Waals surface area contributed by atoms with E-state index >= 15 is 0 Å². The van der Waals surface area contributed by atoms with E-state index in [1.54, 1.807) is 0 Å². The van der Waals surface area contributed by atoms with E-state index < -0.39 is 53.3 Å². The Labute approximate surface area is 145 Å². The van der Waals surface area contributed by atoms with E-state index in [0.29, 0.717) is 6.07 Å². The predicted molar refractivity (Wildman–Crippen MR) is 69.9 cm³/mol. The molecule has 6 nitrogen and oxygen atoms in total. The van der Waals surface area contributed by atoms with E-state index in [-0.39, 0.29) is 9.26 Å². The van der Waals surface area contributed by atoms with Gasteiger partial charge < -0.3 is 0 Å². The van der Waals surface area contributed by atoms with Gasteiger partial charge in [-0.3, -0.25) is 0 Å². The average Bonchev–Trinajstić information content (AvgIpc) is 2.52. The molecule has 0 bridgehead atoms. The summed E-state index contributed by atoms with van der Waals surface area (Å²) in [6, 6.07) is 8.97. The topological polar surface area (TPSA) is 83.7 Å². The fourth-order valence-corrected chi connectivity index (χ4v) is 5.31. The third-order valence-corrected chi connectivity index (χ3v) is 6.96. The molecule has 11 heteroatoms. The molecule has 0 saturated heterocycles. The van der Waals surface area contributed by atoms with E-state index in [9.17, 15) is 26.5 Å². The summed E-state index contributed by atoms with van der Waals surface area (Å²) in [7, 11) is -4.63. The number of hydrogen-bond donors (Lipinski definition) is 1. The molecule has 0 radical (unpaired) electrons. The van der Waals surface area contributed by atoms with Crippen LogP contribution >= 0.6 is 0 Å². The highest BCUT2D eigenvalue weighted by Gasteiger charge is 2.40. The second kappa shape index (κ2) is 7.03. The molecule has 2 aromatic carbocycles. The van der Waals surface area contributed by atoms with Gasteiger partial charge in [0.15, 0.2) is 0 Å². The second-order valence-electron chi connectivity index (χ2n) is 4.34. The predicted octanol–water partition coefficient (Wildman–Crippen LogP) is 0.0841. The highest BCUT2D eigenvalue weighted by atomic mass is 127. The molecule has 0 aliphatic carbocycles. The molecule has 0 aliphatic heterocycles. The Hall–Kier alpha value is -1.73. The lowest BCUT2D eigenvalue weighted by molar-refractivity contribution is -0.837. The molecular weight excluding hydrogens is 466 g/mol.